The topological polar surface area (TPSA) is 62.7 Å². The minimum Gasteiger partial charge on any atom is -0.477 e. The minimum atomic E-state index is -0.916. The molecule has 2 rings (SSSR count). The predicted octanol–water partition coefficient (Wildman–Crippen LogP) is 2.47. The number of aromatic carboxylic acids is 1. The summed E-state index contributed by atoms with van der Waals surface area (Å²) in [5.41, 5.74) is 0.540. The number of likely N-dealkylation sites (tertiary alicyclic amines) is 1. The van der Waals surface area contributed by atoms with Crippen molar-refractivity contribution < 1.29 is 14.6 Å². The van der Waals surface area contributed by atoms with E-state index in [0.29, 0.717) is 22.4 Å². The summed E-state index contributed by atoms with van der Waals surface area (Å²) in [5, 5.41) is 10.1. The highest BCUT2D eigenvalue weighted by Gasteiger charge is 2.24. The smallest absolute Gasteiger partial charge is 0.347 e. The molecule has 20 heavy (non-hydrogen) atoms. The summed E-state index contributed by atoms with van der Waals surface area (Å²) in [4.78, 5) is 18.3. The second kappa shape index (κ2) is 6.65. The Balaban J connectivity index is 2.09. The number of hydrogen-bond acceptors (Lipinski definition) is 5. The van der Waals surface area contributed by atoms with Crippen molar-refractivity contribution in [1.29, 1.82) is 0 Å². The summed E-state index contributed by atoms with van der Waals surface area (Å²) in [6, 6.07) is 0. The third-order valence-electron chi connectivity index (χ3n) is 3.52. The Bertz CT molecular complexity index is 465. The van der Waals surface area contributed by atoms with Crippen LogP contribution in [0.2, 0.25) is 0 Å². The van der Waals surface area contributed by atoms with E-state index in [1.807, 2.05) is 0 Å². The summed E-state index contributed by atoms with van der Waals surface area (Å²) < 4.78 is 5.02. The monoisotopic (exact) mass is 298 g/mol. The number of hydrogen-bond donors (Lipinski definition) is 1. The maximum Gasteiger partial charge on any atom is 0.347 e. The zero-order valence-corrected chi connectivity index (χ0v) is 13.1. The van der Waals surface area contributed by atoms with Crippen LogP contribution in [0.15, 0.2) is 0 Å². The van der Waals surface area contributed by atoms with E-state index in [4.69, 9.17) is 4.74 Å². The number of piperidine rings is 1. The standard InChI is InChI=1S/C14H22N2O3S/c1-9-4-10(2)6-16(5-9)7-12-15-11(8-19-3)13(20-12)14(17)18/h9-10H,4-8H2,1-3H3,(H,17,18). The van der Waals surface area contributed by atoms with E-state index in [2.05, 4.69) is 23.7 Å². The molecule has 0 saturated carbocycles. The first-order valence-electron chi connectivity index (χ1n) is 6.92. The van der Waals surface area contributed by atoms with Gasteiger partial charge in [0.15, 0.2) is 0 Å². The molecule has 1 aromatic rings. The third kappa shape index (κ3) is 3.77. The van der Waals surface area contributed by atoms with Crippen molar-refractivity contribution in [3.8, 4) is 0 Å². The van der Waals surface area contributed by atoms with Gasteiger partial charge < -0.3 is 9.84 Å². The van der Waals surface area contributed by atoms with Gasteiger partial charge in [0.2, 0.25) is 0 Å². The van der Waals surface area contributed by atoms with Crippen molar-refractivity contribution in [3.05, 3.63) is 15.6 Å². The Kier molecular flexibility index (Phi) is 5.12. The minimum absolute atomic E-state index is 0.255. The average molecular weight is 298 g/mol. The Morgan fingerprint density at radius 3 is 2.65 bits per heavy atom. The fourth-order valence-electron chi connectivity index (χ4n) is 2.98. The molecule has 1 fully saturated rings. The largest absolute Gasteiger partial charge is 0.477 e. The lowest BCUT2D eigenvalue weighted by atomic mass is 9.92. The Hall–Kier alpha value is -0.980. The van der Waals surface area contributed by atoms with Gasteiger partial charge >= 0.3 is 5.97 Å². The predicted molar refractivity (Wildman–Crippen MR) is 78.0 cm³/mol. The molecular weight excluding hydrogens is 276 g/mol. The molecule has 0 spiro atoms. The molecule has 0 amide bonds. The summed E-state index contributed by atoms with van der Waals surface area (Å²) in [6.07, 6.45) is 1.27. The number of rotatable bonds is 5. The van der Waals surface area contributed by atoms with Crippen LogP contribution in [0.25, 0.3) is 0 Å². The Morgan fingerprint density at radius 1 is 1.45 bits per heavy atom. The zero-order chi connectivity index (χ0) is 14.7. The van der Waals surface area contributed by atoms with Crippen LogP contribution in [-0.4, -0.2) is 41.2 Å². The fourth-order valence-corrected chi connectivity index (χ4v) is 3.93. The van der Waals surface area contributed by atoms with E-state index >= 15 is 0 Å². The van der Waals surface area contributed by atoms with Crippen LogP contribution in [0.1, 0.15) is 40.6 Å². The molecule has 1 aliphatic heterocycles. The average Bonchev–Trinajstić information content (AvgIpc) is 2.71. The molecule has 2 atom stereocenters. The molecule has 0 aromatic carbocycles. The normalized spacial score (nSPS) is 23.9. The van der Waals surface area contributed by atoms with Gasteiger partial charge in [-0.1, -0.05) is 13.8 Å². The third-order valence-corrected chi connectivity index (χ3v) is 4.59. The van der Waals surface area contributed by atoms with E-state index in [0.717, 1.165) is 24.6 Å². The van der Waals surface area contributed by atoms with Crippen molar-refractivity contribution in [3.63, 3.8) is 0 Å². The SMILES string of the molecule is COCc1nc(CN2CC(C)CC(C)C2)sc1C(=O)O. The summed E-state index contributed by atoms with van der Waals surface area (Å²) in [7, 11) is 1.55. The molecule has 0 bridgehead atoms. The van der Waals surface area contributed by atoms with Crippen LogP contribution >= 0.6 is 11.3 Å². The van der Waals surface area contributed by atoms with Gasteiger partial charge in [-0.2, -0.15) is 0 Å². The van der Waals surface area contributed by atoms with Crippen LogP contribution in [0.5, 0.6) is 0 Å². The van der Waals surface area contributed by atoms with Crippen molar-refractivity contribution in [1.82, 2.24) is 9.88 Å². The first-order chi connectivity index (χ1) is 9.49. The lowest BCUT2D eigenvalue weighted by Crippen LogP contribution is -2.38. The number of carbonyl (C=O) groups is 1. The van der Waals surface area contributed by atoms with Crippen LogP contribution in [-0.2, 0) is 17.9 Å². The first-order valence-corrected chi connectivity index (χ1v) is 7.74. The summed E-state index contributed by atoms with van der Waals surface area (Å²) in [6.45, 7) is 7.65. The molecule has 112 valence electrons. The van der Waals surface area contributed by atoms with Crippen molar-refractivity contribution in [2.75, 3.05) is 20.2 Å². The van der Waals surface area contributed by atoms with Gasteiger partial charge in [0.05, 0.1) is 18.8 Å². The second-order valence-electron chi connectivity index (χ2n) is 5.76. The Morgan fingerprint density at radius 2 is 2.10 bits per heavy atom. The Labute approximate surface area is 123 Å². The highest BCUT2D eigenvalue weighted by molar-refractivity contribution is 7.13. The van der Waals surface area contributed by atoms with E-state index in [-0.39, 0.29) is 6.61 Å². The van der Waals surface area contributed by atoms with Gasteiger partial charge in [0, 0.05) is 20.2 Å². The van der Waals surface area contributed by atoms with Crippen LogP contribution in [0, 0.1) is 11.8 Å². The van der Waals surface area contributed by atoms with Crippen LogP contribution < -0.4 is 0 Å². The molecule has 1 N–H and O–H groups in total. The van der Waals surface area contributed by atoms with E-state index in [9.17, 15) is 9.90 Å². The lowest BCUT2D eigenvalue weighted by Gasteiger charge is -2.34. The van der Waals surface area contributed by atoms with Gasteiger partial charge in [-0.25, -0.2) is 9.78 Å². The van der Waals surface area contributed by atoms with E-state index < -0.39 is 5.97 Å². The van der Waals surface area contributed by atoms with Gasteiger partial charge in [-0.3, -0.25) is 4.90 Å². The fraction of sp³-hybridized carbons (Fsp3) is 0.714. The summed E-state index contributed by atoms with van der Waals surface area (Å²) >= 11 is 1.27. The highest BCUT2D eigenvalue weighted by atomic mass is 32.1. The highest BCUT2D eigenvalue weighted by Crippen LogP contribution is 2.25. The quantitative estimate of drug-likeness (QED) is 0.904. The number of carboxylic acids is 1. The molecule has 1 saturated heterocycles. The van der Waals surface area contributed by atoms with Crippen molar-refractivity contribution >= 4 is 17.3 Å². The van der Waals surface area contributed by atoms with Gasteiger partial charge in [-0.05, 0) is 18.3 Å². The van der Waals surface area contributed by atoms with Crippen molar-refractivity contribution in [2.45, 2.75) is 33.4 Å². The molecular formula is C14H22N2O3S. The molecule has 5 nitrogen and oxygen atoms in total. The van der Waals surface area contributed by atoms with E-state index in [1.54, 1.807) is 7.11 Å². The first kappa shape index (κ1) is 15.4. The lowest BCUT2D eigenvalue weighted by molar-refractivity contribution is 0.0697. The summed E-state index contributed by atoms with van der Waals surface area (Å²) in [5.74, 6) is 0.466. The molecule has 0 aliphatic carbocycles. The second-order valence-corrected chi connectivity index (χ2v) is 6.85. The zero-order valence-electron chi connectivity index (χ0n) is 12.3. The molecule has 0 radical (unpaired) electrons. The molecule has 1 aromatic heterocycles. The maximum atomic E-state index is 11.2. The number of ether oxygens (including phenoxy) is 1. The number of methoxy groups -OCH3 is 1. The number of nitrogens with zero attached hydrogens (tertiary/aromatic N) is 2. The van der Waals surface area contributed by atoms with Crippen LogP contribution in [0.3, 0.4) is 0 Å². The number of thiazole rings is 1. The molecule has 6 heteroatoms. The van der Waals surface area contributed by atoms with Gasteiger partial charge in [0.25, 0.3) is 0 Å². The van der Waals surface area contributed by atoms with Crippen molar-refractivity contribution in [2.24, 2.45) is 11.8 Å². The molecule has 2 unspecified atom stereocenters. The van der Waals surface area contributed by atoms with Gasteiger partial charge in [-0.15, -0.1) is 11.3 Å². The molecule has 2 heterocycles. The molecule has 1 aliphatic rings. The maximum absolute atomic E-state index is 11.2. The van der Waals surface area contributed by atoms with Gasteiger partial charge in [0.1, 0.15) is 9.88 Å². The number of carboxylic acid groups (broad SMARTS) is 1. The van der Waals surface area contributed by atoms with E-state index in [1.165, 1.54) is 17.8 Å². The number of aromatic nitrogens is 1. The van der Waals surface area contributed by atoms with Crippen LogP contribution in [0.4, 0.5) is 0 Å².